The Labute approximate surface area is 219 Å². The van der Waals surface area contributed by atoms with Gasteiger partial charge in [0.25, 0.3) is 0 Å². The monoisotopic (exact) mass is 523 g/mol. The summed E-state index contributed by atoms with van der Waals surface area (Å²) in [5.74, 6) is 0.0224. The van der Waals surface area contributed by atoms with Gasteiger partial charge in [0.1, 0.15) is 22.0 Å². The van der Waals surface area contributed by atoms with Crippen LogP contribution in [0.15, 0.2) is 36.5 Å². The molecule has 0 saturated heterocycles. The van der Waals surface area contributed by atoms with Crippen LogP contribution >= 0.6 is 11.6 Å². The Balaban J connectivity index is 1.35. The third kappa shape index (κ3) is 4.36. The highest BCUT2D eigenvalue weighted by molar-refractivity contribution is 6.33. The highest BCUT2D eigenvalue weighted by Crippen LogP contribution is 2.46. The summed E-state index contributed by atoms with van der Waals surface area (Å²) in [5.41, 5.74) is 2.87. The number of hydrogen-bond donors (Lipinski definition) is 2. The van der Waals surface area contributed by atoms with Crippen molar-refractivity contribution in [1.29, 1.82) is 0 Å². The number of nitrogens with zero attached hydrogens (tertiary/aromatic N) is 4. The first kappa shape index (κ1) is 23.9. The minimum absolute atomic E-state index is 0.0574. The van der Waals surface area contributed by atoms with E-state index in [0.29, 0.717) is 23.0 Å². The number of ether oxygens (including phenoxy) is 1. The number of anilines is 4. The molecule has 0 bridgehead atoms. The average Bonchev–Trinajstić information content (AvgIpc) is 3.62. The number of carboxylic acids is 1. The lowest BCUT2D eigenvalue weighted by Crippen LogP contribution is -2.36. The van der Waals surface area contributed by atoms with Crippen molar-refractivity contribution >= 4 is 40.7 Å². The number of aliphatic carboxylic acids is 1. The summed E-state index contributed by atoms with van der Waals surface area (Å²) in [5, 5.41) is 13.5. The quantitative estimate of drug-likeness (QED) is 0.464. The smallest absolute Gasteiger partial charge is 0.315 e. The van der Waals surface area contributed by atoms with Crippen LogP contribution in [0.1, 0.15) is 36.5 Å². The molecule has 1 atom stereocenters. The van der Waals surface area contributed by atoms with E-state index in [-0.39, 0.29) is 17.7 Å². The van der Waals surface area contributed by atoms with Crippen LogP contribution in [0.2, 0.25) is 5.02 Å². The average molecular weight is 524 g/mol. The predicted octanol–water partition coefficient (Wildman–Crippen LogP) is 5.04. The first-order valence-corrected chi connectivity index (χ1v) is 12.7. The second-order valence-electron chi connectivity index (χ2n) is 10.3. The summed E-state index contributed by atoms with van der Waals surface area (Å²) in [6.07, 6.45) is 4.85. The van der Waals surface area contributed by atoms with Crippen molar-refractivity contribution in [3.05, 3.63) is 64.1 Å². The first-order chi connectivity index (χ1) is 17.7. The highest BCUT2D eigenvalue weighted by atomic mass is 35.5. The molecule has 0 amide bonds. The van der Waals surface area contributed by atoms with Crippen LogP contribution in [0.4, 0.5) is 27.5 Å². The standard InChI is InChI=1S/C27H27ClFN5O3/c1-27(25(35)36)14-34(22-6-3-16(29)10-20(22)27)24-21(28)12-30-26(32-24)31-17-9-15-13-33(2)8-7-19(15)23(11-17)37-18-4-5-18/h3,6,9-12,18H,4-5,7-8,13-14H2,1-2H3,(H,35,36)(H,30,31,32). The van der Waals surface area contributed by atoms with E-state index in [0.717, 1.165) is 43.8 Å². The summed E-state index contributed by atoms with van der Waals surface area (Å²) < 4.78 is 20.3. The molecule has 1 aliphatic carbocycles. The Bertz CT molecular complexity index is 1420. The lowest BCUT2D eigenvalue weighted by molar-refractivity contribution is -0.142. The number of aromatic nitrogens is 2. The largest absolute Gasteiger partial charge is 0.490 e. The van der Waals surface area contributed by atoms with E-state index in [4.69, 9.17) is 16.3 Å². The molecular weight excluding hydrogens is 497 g/mol. The number of carbonyl (C=O) groups is 1. The van der Waals surface area contributed by atoms with Gasteiger partial charge in [0.05, 0.1) is 12.3 Å². The normalized spacial score (nSPS) is 20.9. The Morgan fingerprint density at radius 1 is 1.30 bits per heavy atom. The summed E-state index contributed by atoms with van der Waals surface area (Å²) in [4.78, 5) is 25.2. The summed E-state index contributed by atoms with van der Waals surface area (Å²) in [6, 6.07) is 8.22. The van der Waals surface area contributed by atoms with E-state index in [1.165, 1.54) is 29.5 Å². The van der Waals surface area contributed by atoms with Crippen molar-refractivity contribution in [2.75, 3.05) is 30.4 Å². The van der Waals surface area contributed by atoms with Crippen molar-refractivity contribution in [3.63, 3.8) is 0 Å². The van der Waals surface area contributed by atoms with Crippen LogP contribution in [-0.4, -0.2) is 52.2 Å². The molecule has 2 aliphatic heterocycles. The van der Waals surface area contributed by atoms with E-state index in [1.54, 1.807) is 17.9 Å². The Kier molecular flexibility index (Phi) is 5.72. The number of hydrogen-bond acceptors (Lipinski definition) is 7. The zero-order valence-corrected chi connectivity index (χ0v) is 21.3. The van der Waals surface area contributed by atoms with Crippen LogP contribution < -0.4 is 15.0 Å². The van der Waals surface area contributed by atoms with E-state index >= 15 is 0 Å². The number of nitrogens with one attached hydrogen (secondary N) is 1. The number of halogens is 2. The van der Waals surface area contributed by atoms with Crippen molar-refractivity contribution < 1.29 is 19.0 Å². The highest BCUT2D eigenvalue weighted by Gasteiger charge is 2.46. The molecule has 37 heavy (non-hydrogen) atoms. The molecule has 1 fully saturated rings. The van der Waals surface area contributed by atoms with Gasteiger partial charge >= 0.3 is 5.97 Å². The lowest BCUT2D eigenvalue weighted by Gasteiger charge is -2.27. The van der Waals surface area contributed by atoms with Crippen LogP contribution in [-0.2, 0) is 23.2 Å². The van der Waals surface area contributed by atoms with Crippen molar-refractivity contribution in [3.8, 4) is 5.75 Å². The molecular formula is C27H27ClFN5O3. The molecule has 3 aromatic rings. The number of carboxylic acid groups (broad SMARTS) is 1. The van der Waals surface area contributed by atoms with Crippen molar-refractivity contribution in [1.82, 2.24) is 14.9 Å². The maximum absolute atomic E-state index is 14.1. The van der Waals surface area contributed by atoms with Gasteiger partial charge in [-0.15, -0.1) is 0 Å². The molecule has 3 aliphatic rings. The van der Waals surface area contributed by atoms with Crippen LogP contribution in [0, 0.1) is 5.82 Å². The molecule has 3 heterocycles. The molecule has 1 aromatic heterocycles. The van der Waals surface area contributed by atoms with Gasteiger partial charge in [-0.25, -0.2) is 9.37 Å². The van der Waals surface area contributed by atoms with E-state index < -0.39 is 17.2 Å². The Morgan fingerprint density at radius 3 is 2.86 bits per heavy atom. The molecule has 1 saturated carbocycles. The maximum Gasteiger partial charge on any atom is 0.315 e. The molecule has 2 aromatic carbocycles. The second kappa shape index (κ2) is 8.85. The molecule has 2 N–H and O–H groups in total. The van der Waals surface area contributed by atoms with Crippen molar-refractivity contribution in [2.45, 2.75) is 44.2 Å². The molecule has 0 radical (unpaired) electrons. The predicted molar refractivity (Wildman–Crippen MR) is 139 cm³/mol. The van der Waals surface area contributed by atoms with Crippen molar-refractivity contribution in [2.24, 2.45) is 0 Å². The number of likely N-dealkylation sites (N-methyl/N-ethyl adjacent to an activating group) is 1. The number of rotatable bonds is 6. The Hall–Kier alpha value is -3.43. The fraction of sp³-hybridized carbons (Fsp3) is 0.370. The third-order valence-electron chi connectivity index (χ3n) is 7.33. The second-order valence-corrected chi connectivity index (χ2v) is 10.7. The molecule has 6 rings (SSSR count). The molecule has 192 valence electrons. The topological polar surface area (TPSA) is 90.8 Å². The third-order valence-corrected chi connectivity index (χ3v) is 7.60. The van der Waals surface area contributed by atoms with E-state index in [9.17, 15) is 14.3 Å². The van der Waals surface area contributed by atoms with Crippen LogP contribution in [0.5, 0.6) is 5.75 Å². The number of benzene rings is 2. The zero-order valence-electron chi connectivity index (χ0n) is 20.6. The van der Waals surface area contributed by atoms with Gasteiger partial charge in [-0.1, -0.05) is 11.6 Å². The molecule has 8 nitrogen and oxygen atoms in total. The zero-order chi connectivity index (χ0) is 25.9. The minimum atomic E-state index is -1.32. The van der Waals surface area contributed by atoms with Gasteiger partial charge in [-0.05, 0) is 68.6 Å². The lowest BCUT2D eigenvalue weighted by atomic mass is 9.85. The summed E-state index contributed by atoms with van der Waals surface area (Å²) >= 11 is 6.51. The van der Waals surface area contributed by atoms with Gasteiger partial charge in [0, 0.05) is 42.6 Å². The first-order valence-electron chi connectivity index (χ1n) is 12.3. The van der Waals surface area contributed by atoms with E-state index in [2.05, 4.69) is 33.3 Å². The molecule has 0 spiro atoms. The van der Waals surface area contributed by atoms with Gasteiger partial charge in [0.15, 0.2) is 5.82 Å². The molecule has 1 unspecified atom stereocenters. The van der Waals surface area contributed by atoms with Crippen LogP contribution in [0.25, 0.3) is 0 Å². The molecule has 10 heteroatoms. The maximum atomic E-state index is 14.1. The number of fused-ring (bicyclic) bond motifs is 2. The van der Waals surface area contributed by atoms with Gasteiger partial charge < -0.3 is 25.0 Å². The van der Waals surface area contributed by atoms with Gasteiger partial charge in [0.2, 0.25) is 5.95 Å². The summed E-state index contributed by atoms with van der Waals surface area (Å²) in [7, 11) is 2.10. The van der Waals surface area contributed by atoms with Gasteiger partial charge in [-0.3, -0.25) is 4.79 Å². The van der Waals surface area contributed by atoms with Gasteiger partial charge in [-0.2, -0.15) is 4.98 Å². The summed E-state index contributed by atoms with van der Waals surface area (Å²) in [6.45, 7) is 3.45. The van der Waals surface area contributed by atoms with Crippen LogP contribution in [0.3, 0.4) is 0 Å². The Morgan fingerprint density at radius 2 is 2.11 bits per heavy atom. The fourth-order valence-electron chi connectivity index (χ4n) is 5.12. The fourth-order valence-corrected chi connectivity index (χ4v) is 5.32. The minimum Gasteiger partial charge on any atom is -0.490 e. The van der Waals surface area contributed by atoms with E-state index in [1.807, 2.05) is 6.07 Å². The SMILES string of the molecule is CN1CCc2c(cc(Nc3ncc(Cl)c(N4CC(C)(C(=O)O)c5cc(F)ccc54)n3)cc2OC2CC2)C1.